The van der Waals surface area contributed by atoms with Gasteiger partial charge in [0.2, 0.25) is 0 Å². The highest BCUT2D eigenvalue weighted by Crippen LogP contribution is 2.67. The lowest BCUT2D eigenvalue weighted by atomic mass is 9.39. The molecule has 2 aliphatic heterocycles. The van der Waals surface area contributed by atoms with Gasteiger partial charge < -0.3 is 34.1 Å². The van der Waals surface area contributed by atoms with Crippen molar-refractivity contribution in [2.24, 2.45) is 16.7 Å². The number of hydrogen-bond donors (Lipinski definition) is 2. The van der Waals surface area contributed by atoms with Crippen LogP contribution in [0.3, 0.4) is 0 Å². The summed E-state index contributed by atoms with van der Waals surface area (Å²) in [5.74, 6) is -3.60. The van der Waals surface area contributed by atoms with Crippen molar-refractivity contribution in [1.29, 1.82) is 0 Å². The number of halogens is 1. The fourth-order valence-electron chi connectivity index (χ4n) is 8.57. The van der Waals surface area contributed by atoms with Gasteiger partial charge in [0.25, 0.3) is 0 Å². The SMILES string of the molecule is C=C[C@@]1(C)CC(=O)[C@]2(O)[C@@]3(C)[C@@H](O)CCC(C)(C)[C@@H]3[C@H](OC(=O)COC(=O)CCN3CCCCC3)[C@H](OC(C)=O)[C@@]2(C)O1.Cl. The summed E-state index contributed by atoms with van der Waals surface area (Å²) in [6, 6.07) is 0. The molecule has 0 unspecified atom stereocenters. The van der Waals surface area contributed by atoms with Crippen LogP contribution in [0.5, 0.6) is 0 Å². The van der Waals surface area contributed by atoms with Crippen LogP contribution in [0.1, 0.15) is 86.5 Å². The molecule has 0 aromatic carbocycles. The van der Waals surface area contributed by atoms with Crippen LogP contribution < -0.4 is 0 Å². The molecule has 2 heterocycles. The molecular weight excluding hydrogens is 594 g/mol. The van der Waals surface area contributed by atoms with Crippen LogP contribution in [0, 0.1) is 16.7 Å². The first-order chi connectivity index (χ1) is 19.9. The van der Waals surface area contributed by atoms with E-state index in [0.29, 0.717) is 13.0 Å². The van der Waals surface area contributed by atoms with Crippen LogP contribution in [-0.4, -0.2) is 100 Å². The quantitative estimate of drug-likeness (QED) is 0.228. The summed E-state index contributed by atoms with van der Waals surface area (Å²) in [6.45, 7) is 15.2. The summed E-state index contributed by atoms with van der Waals surface area (Å²) < 4.78 is 23.6. The first-order valence-electron chi connectivity index (χ1n) is 15.5. The lowest BCUT2D eigenvalue weighted by Crippen LogP contribution is -2.87. The molecule has 0 radical (unpaired) electrons. The normalized spacial score (nSPS) is 40.0. The number of ketones is 1. The smallest absolute Gasteiger partial charge is 0.344 e. The lowest BCUT2D eigenvalue weighted by Gasteiger charge is -2.71. The minimum Gasteiger partial charge on any atom is -0.455 e. The molecule has 11 nitrogen and oxygen atoms in total. The second-order valence-electron chi connectivity index (χ2n) is 14.1. The average Bonchev–Trinajstić information content (AvgIpc) is 2.93. The van der Waals surface area contributed by atoms with Gasteiger partial charge in [-0.1, -0.05) is 33.3 Å². The summed E-state index contributed by atoms with van der Waals surface area (Å²) in [7, 11) is 0. The summed E-state index contributed by atoms with van der Waals surface area (Å²) in [6.07, 6.45) is 1.59. The Bertz CT molecular complexity index is 1140. The van der Waals surface area contributed by atoms with Crippen molar-refractivity contribution >= 4 is 36.1 Å². The topological polar surface area (TPSA) is 149 Å². The van der Waals surface area contributed by atoms with Crippen LogP contribution in [0.25, 0.3) is 0 Å². The minimum absolute atomic E-state index is 0. The molecule has 0 amide bonds. The van der Waals surface area contributed by atoms with E-state index in [4.69, 9.17) is 18.9 Å². The number of Topliss-reactive ketones (excluding diaryl/α,β-unsaturated/α-hetero) is 1. The Kier molecular flexibility index (Phi) is 10.7. The minimum atomic E-state index is -2.33. The summed E-state index contributed by atoms with van der Waals surface area (Å²) >= 11 is 0. The van der Waals surface area contributed by atoms with E-state index in [-0.39, 0.29) is 31.7 Å². The third kappa shape index (κ3) is 6.07. The molecule has 4 aliphatic rings. The molecule has 2 saturated heterocycles. The van der Waals surface area contributed by atoms with Gasteiger partial charge in [-0.2, -0.15) is 0 Å². The molecule has 2 aliphatic carbocycles. The van der Waals surface area contributed by atoms with E-state index in [2.05, 4.69) is 11.5 Å². The van der Waals surface area contributed by atoms with E-state index in [1.165, 1.54) is 26.3 Å². The molecular formula is C32H50ClNO10. The van der Waals surface area contributed by atoms with Crippen molar-refractivity contribution in [3.63, 3.8) is 0 Å². The third-order valence-corrected chi connectivity index (χ3v) is 10.7. The number of nitrogens with zero attached hydrogens (tertiary/aromatic N) is 1. The monoisotopic (exact) mass is 643 g/mol. The number of hydrogen-bond acceptors (Lipinski definition) is 11. The van der Waals surface area contributed by atoms with Gasteiger partial charge in [-0.05, 0) is 58.0 Å². The van der Waals surface area contributed by atoms with Crippen LogP contribution in [0.2, 0.25) is 0 Å². The Morgan fingerprint density at radius 1 is 1.07 bits per heavy atom. The van der Waals surface area contributed by atoms with Crippen molar-refractivity contribution in [1.82, 2.24) is 4.90 Å². The molecule has 0 bridgehead atoms. The molecule has 2 saturated carbocycles. The highest BCUT2D eigenvalue weighted by atomic mass is 35.5. The first kappa shape index (κ1) is 36.4. The van der Waals surface area contributed by atoms with Crippen LogP contribution in [0.4, 0.5) is 0 Å². The Hall–Kier alpha value is -2.05. The molecule has 44 heavy (non-hydrogen) atoms. The third-order valence-electron chi connectivity index (χ3n) is 10.7. The van der Waals surface area contributed by atoms with Gasteiger partial charge in [-0.25, -0.2) is 4.79 Å². The van der Waals surface area contributed by atoms with Crippen LogP contribution in [0.15, 0.2) is 12.7 Å². The molecule has 0 aromatic rings. The Balaban J connectivity index is 0.00000529. The second-order valence-corrected chi connectivity index (χ2v) is 14.1. The maximum absolute atomic E-state index is 14.1. The zero-order chi connectivity index (χ0) is 32.0. The number of aliphatic hydroxyl groups excluding tert-OH is 1. The number of piperidine rings is 1. The number of aliphatic hydroxyl groups is 2. The van der Waals surface area contributed by atoms with Gasteiger partial charge in [0.1, 0.15) is 11.7 Å². The number of fused-ring (bicyclic) bond motifs is 3. The molecule has 250 valence electrons. The number of rotatable bonds is 8. The van der Waals surface area contributed by atoms with E-state index < -0.39 is 82.2 Å². The number of likely N-dealkylation sites (tertiary alicyclic amines) is 1. The molecule has 8 atom stereocenters. The number of ether oxygens (including phenoxy) is 4. The van der Waals surface area contributed by atoms with E-state index in [1.807, 2.05) is 13.8 Å². The van der Waals surface area contributed by atoms with Gasteiger partial charge in [0.05, 0.1) is 18.1 Å². The summed E-state index contributed by atoms with van der Waals surface area (Å²) in [4.78, 5) is 54.6. The van der Waals surface area contributed by atoms with Gasteiger partial charge >= 0.3 is 17.9 Å². The van der Waals surface area contributed by atoms with Crippen molar-refractivity contribution in [2.45, 2.75) is 122 Å². The maximum atomic E-state index is 14.1. The summed E-state index contributed by atoms with van der Waals surface area (Å²) in [5.41, 5.74) is -7.79. The van der Waals surface area contributed by atoms with Gasteiger partial charge in [0, 0.05) is 31.2 Å². The van der Waals surface area contributed by atoms with E-state index in [9.17, 15) is 29.4 Å². The molecule has 4 fully saturated rings. The van der Waals surface area contributed by atoms with Crippen LogP contribution >= 0.6 is 12.4 Å². The van der Waals surface area contributed by atoms with Crippen molar-refractivity contribution in [3.8, 4) is 0 Å². The van der Waals surface area contributed by atoms with Gasteiger partial charge in [-0.15, -0.1) is 19.0 Å². The highest BCUT2D eigenvalue weighted by Gasteiger charge is 2.82. The second kappa shape index (κ2) is 13.0. The van der Waals surface area contributed by atoms with E-state index in [0.717, 1.165) is 25.9 Å². The Morgan fingerprint density at radius 3 is 2.30 bits per heavy atom. The Morgan fingerprint density at radius 2 is 1.70 bits per heavy atom. The molecule has 0 spiro atoms. The maximum Gasteiger partial charge on any atom is 0.344 e. The number of esters is 3. The first-order valence-corrected chi connectivity index (χ1v) is 15.5. The summed E-state index contributed by atoms with van der Waals surface area (Å²) in [5, 5.41) is 24.2. The standard InChI is InChI=1S/C32H49NO10.ClH/c1-8-29(5)18-22(36)32(39)30(6)21(35)12-14-28(3,4)26(30)25(27(41-20(2)34)31(32,7)43-29)42-24(38)19-40-23(37)13-17-33-15-10-9-11-16-33;/h8,21,25-27,35,39H,1,9-19H2,2-7H3;1H/t21-,25-,26-,27-,29-,30-,31+,32-;/m0./s1. The number of carbonyl (C=O) groups is 4. The van der Waals surface area contributed by atoms with E-state index in [1.54, 1.807) is 13.8 Å². The lowest BCUT2D eigenvalue weighted by molar-refractivity contribution is -0.371. The molecule has 12 heteroatoms. The zero-order valence-electron chi connectivity index (χ0n) is 26.9. The Labute approximate surface area is 266 Å². The van der Waals surface area contributed by atoms with Crippen molar-refractivity contribution in [3.05, 3.63) is 12.7 Å². The molecule has 4 rings (SSSR count). The highest BCUT2D eigenvalue weighted by molar-refractivity contribution is 5.92. The van der Waals surface area contributed by atoms with E-state index >= 15 is 0 Å². The van der Waals surface area contributed by atoms with Gasteiger partial charge in [-0.3, -0.25) is 14.4 Å². The van der Waals surface area contributed by atoms with Gasteiger partial charge in [0.15, 0.2) is 24.1 Å². The van der Waals surface area contributed by atoms with Crippen LogP contribution in [-0.2, 0) is 38.1 Å². The average molecular weight is 644 g/mol. The molecule has 0 aromatic heterocycles. The zero-order valence-corrected chi connectivity index (χ0v) is 27.7. The fraction of sp³-hybridized carbons (Fsp3) is 0.812. The van der Waals surface area contributed by atoms with Crippen molar-refractivity contribution < 1.29 is 48.3 Å². The molecule has 2 N–H and O–H groups in total. The predicted octanol–water partition coefficient (Wildman–Crippen LogP) is 2.91. The van der Waals surface area contributed by atoms with Crippen molar-refractivity contribution in [2.75, 3.05) is 26.2 Å². The largest absolute Gasteiger partial charge is 0.455 e. The fourth-order valence-corrected chi connectivity index (χ4v) is 8.57. The predicted molar refractivity (Wildman–Crippen MR) is 162 cm³/mol. The number of carbonyl (C=O) groups excluding carboxylic acids is 4.